The molecule has 0 radical (unpaired) electrons. The van der Waals surface area contributed by atoms with Gasteiger partial charge in [0.25, 0.3) is 5.56 Å². The predicted molar refractivity (Wildman–Crippen MR) is 103 cm³/mol. The first kappa shape index (κ1) is 21.2. The fourth-order valence-corrected chi connectivity index (χ4v) is 3.35. The van der Waals surface area contributed by atoms with Crippen molar-refractivity contribution < 1.29 is 24.5 Å². The van der Waals surface area contributed by atoms with Crippen molar-refractivity contribution in [2.75, 3.05) is 12.3 Å². The van der Waals surface area contributed by atoms with Gasteiger partial charge in [-0.1, -0.05) is 32.6 Å². The topological polar surface area (TPSA) is 166 Å². The first-order valence-corrected chi connectivity index (χ1v) is 9.82. The maximum Gasteiger partial charge on any atom is 0.305 e. The number of ether oxygens (including phenoxy) is 2. The standard InChI is InChI=1S/C18H27N5O6/c1-2-3-4-5-6-7-11(24)28-8-10-13(25)14(26)17(29-10)23-9-20-12-15(23)21-18(19)22-16(12)27/h9-10,13-14,17,25-26H,2-8H2,1H3,(H3,19,21,22,27)/t10-,13-,14-,17-/m1/s1. The Hall–Kier alpha value is -2.50. The average molecular weight is 409 g/mol. The number of aromatic nitrogens is 4. The van der Waals surface area contributed by atoms with Crippen LogP contribution in [0.3, 0.4) is 0 Å². The summed E-state index contributed by atoms with van der Waals surface area (Å²) in [6, 6.07) is 0. The number of rotatable bonds is 9. The minimum atomic E-state index is -1.33. The minimum absolute atomic E-state index is 0.0300. The number of esters is 1. The molecule has 3 rings (SSSR count). The number of carbonyl (C=O) groups is 1. The second-order valence-electron chi connectivity index (χ2n) is 7.17. The Morgan fingerprint density at radius 3 is 2.83 bits per heavy atom. The zero-order chi connectivity index (χ0) is 21.0. The van der Waals surface area contributed by atoms with Crippen LogP contribution >= 0.6 is 0 Å². The Labute approximate surface area is 166 Å². The summed E-state index contributed by atoms with van der Waals surface area (Å²) in [4.78, 5) is 34.1. The Kier molecular flexibility index (Phi) is 6.83. The van der Waals surface area contributed by atoms with Crippen molar-refractivity contribution in [3.05, 3.63) is 16.7 Å². The summed E-state index contributed by atoms with van der Waals surface area (Å²) in [5.74, 6) is -0.481. The van der Waals surface area contributed by atoms with E-state index < -0.39 is 30.1 Å². The number of nitrogens with one attached hydrogen (secondary N) is 1. The summed E-state index contributed by atoms with van der Waals surface area (Å²) in [5, 5.41) is 20.7. The van der Waals surface area contributed by atoms with Crippen LogP contribution in [0, 0.1) is 0 Å². The van der Waals surface area contributed by atoms with Crippen LogP contribution < -0.4 is 11.3 Å². The number of nitrogen functional groups attached to an aromatic ring is 1. The molecule has 4 atom stereocenters. The number of aromatic amines is 1. The molecule has 1 aliphatic heterocycles. The second kappa shape index (κ2) is 9.33. The monoisotopic (exact) mass is 409 g/mol. The van der Waals surface area contributed by atoms with Gasteiger partial charge >= 0.3 is 5.97 Å². The highest BCUT2D eigenvalue weighted by Crippen LogP contribution is 2.31. The van der Waals surface area contributed by atoms with Gasteiger partial charge in [-0.05, 0) is 6.42 Å². The molecule has 1 fully saturated rings. The zero-order valence-electron chi connectivity index (χ0n) is 16.3. The number of aliphatic hydroxyl groups excluding tert-OH is 2. The molecule has 2 aromatic rings. The van der Waals surface area contributed by atoms with Crippen LogP contribution in [0.25, 0.3) is 11.2 Å². The lowest BCUT2D eigenvalue weighted by Gasteiger charge is -2.16. The smallest absolute Gasteiger partial charge is 0.305 e. The van der Waals surface area contributed by atoms with E-state index in [1.165, 1.54) is 10.9 Å². The lowest BCUT2D eigenvalue weighted by molar-refractivity contribution is -0.150. The van der Waals surface area contributed by atoms with Crippen LogP contribution in [0.2, 0.25) is 0 Å². The Morgan fingerprint density at radius 2 is 2.07 bits per heavy atom. The van der Waals surface area contributed by atoms with E-state index in [4.69, 9.17) is 15.2 Å². The van der Waals surface area contributed by atoms with E-state index in [0.29, 0.717) is 6.42 Å². The Morgan fingerprint density at radius 1 is 1.31 bits per heavy atom. The summed E-state index contributed by atoms with van der Waals surface area (Å²) in [6.45, 7) is 1.93. The van der Waals surface area contributed by atoms with E-state index in [1.54, 1.807) is 0 Å². The van der Waals surface area contributed by atoms with Crippen molar-refractivity contribution in [3.8, 4) is 0 Å². The molecule has 1 saturated heterocycles. The van der Waals surface area contributed by atoms with Crippen molar-refractivity contribution in [1.29, 1.82) is 0 Å². The molecule has 160 valence electrons. The quantitative estimate of drug-likeness (QED) is 0.335. The van der Waals surface area contributed by atoms with Crippen LogP contribution in [-0.2, 0) is 14.3 Å². The van der Waals surface area contributed by atoms with Gasteiger partial charge in [0.2, 0.25) is 5.95 Å². The van der Waals surface area contributed by atoms with Gasteiger partial charge in [-0.15, -0.1) is 0 Å². The van der Waals surface area contributed by atoms with Gasteiger partial charge in [-0.2, -0.15) is 4.98 Å². The number of aliphatic hydroxyl groups is 2. The first-order chi connectivity index (χ1) is 13.9. The zero-order valence-corrected chi connectivity index (χ0v) is 16.3. The van der Waals surface area contributed by atoms with Crippen molar-refractivity contribution in [2.24, 2.45) is 0 Å². The minimum Gasteiger partial charge on any atom is -0.463 e. The van der Waals surface area contributed by atoms with Crippen molar-refractivity contribution in [1.82, 2.24) is 19.5 Å². The molecule has 2 aromatic heterocycles. The third-order valence-electron chi connectivity index (χ3n) is 4.96. The van der Waals surface area contributed by atoms with E-state index in [-0.39, 0.29) is 29.7 Å². The molecule has 0 bridgehead atoms. The molecule has 3 heterocycles. The number of unbranched alkanes of at least 4 members (excludes halogenated alkanes) is 4. The highest BCUT2D eigenvalue weighted by molar-refractivity contribution is 5.70. The molecule has 0 unspecified atom stereocenters. The van der Waals surface area contributed by atoms with E-state index in [1.807, 2.05) is 0 Å². The molecular weight excluding hydrogens is 382 g/mol. The average Bonchev–Trinajstić information content (AvgIpc) is 3.22. The molecule has 0 aromatic carbocycles. The van der Waals surface area contributed by atoms with Gasteiger partial charge in [-0.25, -0.2) is 4.98 Å². The van der Waals surface area contributed by atoms with E-state index >= 15 is 0 Å². The van der Waals surface area contributed by atoms with Gasteiger partial charge < -0.3 is 25.4 Å². The molecule has 0 amide bonds. The lowest BCUT2D eigenvalue weighted by atomic mass is 10.1. The van der Waals surface area contributed by atoms with Crippen LogP contribution in [0.15, 0.2) is 11.1 Å². The number of hydrogen-bond donors (Lipinski definition) is 4. The summed E-state index contributed by atoms with van der Waals surface area (Å²) in [6.07, 6.45) is 2.07. The Balaban J connectivity index is 1.59. The number of hydrogen-bond acceptors (Lipinski definition) is 9. The largest absolute Gasteiger partial charge is 0.463 e. The lowest BCUT2D eigenvalue weighted by Crippen LogP contribution is -2.34. The van der Waals surface area contributed by atoms with Gasteiger partial charge in [0.1, 0.15) is 24.9 Å². The number of imidazole rings is 1. The van der Waals surface area contributed by atoms with Gasteiger partial charge in [0.15, 0.2) is 17.4 Å². The maximum atomic E-state index is 11.9. The highest BCUT2D eigenvalue weighted by Gasteiger charge is 2.45. The van der Waals surface area contributed by atoms with E-state index in [2.05, 4.69) is 21.9 Å². The van der Waals surface area contributed by atoms with Gasteiger partial charge in [0.05, 0.1) is 6.33 Å². The van der Waals surface area contributed by atoms with Crippen LogP contribution in [-0.4, -0.2) is 60.6 Å². The molecule has 0 aliphatic carbocycles. The number of carbonyl (C=O) groups excluding carboxylic acids is 1. The molecule has 11 heteroatoms. The summed E-state index contributed by atoms with van der Waals surface area (Å²) < 4.78 is 12.2. The van der Waals surface area contributed by atoms with Gasteiger partial charge in [0, 0.05) is 6.42 Å². The number of fused-ring (bicyclic) bond motifs is 1. The van der Waals surface area contributed by atoms with Crippen molar-refractivity contribution in [3.63, 3.8) is 0 Å². The molecule has 1 aliphatic rings. The molecular formula is C18H27N5O6. The number of nitrogens with two attached hydrogens (primary N) is 1. The Bertz CT molecular complexity index is 896. The number of anilines is 1. The fraction of sp³-hybridized carbons (Fsp3) is 0.667. The molecule has 0 saturated carbocycles. The predicted octanol–water partition coefficient (Wildman–Crippen LogP) is 0.225. The van der Waals surface area contributed by atoms with Crippen molar-refractivity contribution in [2.45, 2.75) is 70.0 Å². The van der Waals surface area contributed by atoms with Crippen LogP contribution in [0.4, 0.5) is 5.95 Å². The van der Waals surface area contributed by atoms with Crippen molar-refractivity contribution >= 4 is 23.1 Å². The molecule has 11 nitrogen and oxygen atoms in total. The van der Waals surface area contributed by atoms with E-state index in [0.717, 1.165) is 32.1 Å². The normalized spacial score (nSPS) is 24.2. The second-order valence-corrected chi connectivity index (χ2v) is 7.17. The van der Waals surface area contributed by atoms with Gasteiger partial charge in [-0.3, -0.25) is 19.1 Å². The maximum absolute atomic E-state index is 11.9. The van der Waals surface area contributed by atoms with E-state index in [9.17, 15) is 19.8 Å². The molecule has 29 heavy (non-hydrogen) atoms. The third kappa shape index (κ3) is 4.74. The highest BCUT2D eigenvalue weighted by atomic mass is 16.6. The summed E-state index contributed by atoms with van der Waals surface area (Å²) in [5.41, 5.74) is 5.19. The summed E-state index contributed by atoms with van der Waals surface area (Å²) >= 11 is 0. The molecule has 5 N–H and O–H groups in total. The SMILES string of the molecule is CCCCCCCC(=O)OC[C@H]1O[C@@H](n2cnc3c(=O)[nH]c(N)nc32)[C@H](O)[C@@H]1O. The van der Waals surface area contributed by atoms with Crippen LogP contribution in [0.1, 0.15) is 51.7 Å². The molecule has 0 spiro atoms. The van der Waals surface area contributed by atoms with Crippen LogP contribution in [0.5, 0.6) is 0 Å². The number of nitrogens with zero attached hydrogens (tertiary/aromatic N) is 3. The first-order valence-electron chi connectivity index (χ1n) is 9.82. The summed E-state index contributed by atoms with van der Waals surface area (Å²) in [7, 11) is 0. The number of H-pyrrole nitrogens is 1. The fourth-order valence-electron chi connectivity index (χ4n) is 3.35. The third-order valence-corrected chi connectivity index (χ3v) is 4.96.